The lowest BCUT2D eigenvalue weighted by molar-refractivity contribution is 0.991. The van der Waals surface area contributed by atoms with Crippen LogP contribution in [0.1, 0.15) is 50.9 Å². The summed E-state index contributed by atoms with van der Waals surface area (Å²) < 4.78 is 0. The van der Waals surface area contributed by atoms with Crippen LogP contribution in [0.5, 0.6) is 0 Å². The first-order valence-electron chi connectivity index (χ1n) is 11.2. The predicted molar refractivity (Wildman–Crippen MR) is 150 cm³/mol. The maximum atomic E-state index is 5.44. The molecule has 0 aliphatic carbocycles. The topological polar surface area (TPSA) is 38.7 Å². The highest BCUT2D eigenvalue weighted by atomic mass is 15.0. The molecule has 3 nitrogen and oxygen atoms in total. The molecule has 0 bridgehead atoms. The fourth-order valence-electron chi connectivity index (χ4n) is 3.23. The first-order chi connectivity index (χ1) is 17.6. The van der Waals surface area contributed by atoms with Crippen molar-refractivity contribution in [2.75, 3.05) is 0 Å². The molecule has 0 unspecified atom stereocenters. The van der Waals surface area contributed by atoms with E-state index in [2.05, 4.69) is 32.7 Å². The van der Waals surface area contributed by atoms with Gasteiger partial charge in [0.25, 0.3) is 0 Å². The van der Waals surface area contributed by atoms with Crippen LogP contribution in [-0.4, -0.2) is 15.0 Å². The van der Waals surface area contributed by atoms with Crippen molar-refractivity contribution in [1.82, 2.24) is 15.0 Å². The monoisotopic (exact) mass is 459 g/mol. The fraction of sp³-hybridized carbons (Fsp3) is 0. The highest BCUT2D eigenvalue weighted by molar-refractivity contribution is 5.72. The summed E-state index contributed by atoms with van der Waals surface area (Å²) in [6.45, 7) is 0. The number of hydrogen-bond donors (Lipinski definition) is 0. The summed E-state index contributed by atoms with van der Waals surface area (Å²) in [4.78, 5) is 13.8. The van der Waals surface area contributed by atoms with Gasteiger partial charge >= 0.3 is 0 Å². The molecule has 0 amide bonds. The Labute approximate surface area is 212 Å². The minimum absolute atomic E-state index is 0.538. The normalized spacial score (nSPS) is 10.9. The molecule has 0 saturated carbocycles. The van der Waals surface area contributed by atoms with E-state index >= 15 is 0 Å². The molecule has 0 N–H and O–H groups in total. The average Bonchev–Trinajstić information content (AvgIpc) is 2.94. The molecular weight excluding hydrogens is 438 g/mol. The zero-order valence-corrected chi connectivity index (χ0v) is 19.5. The molecule has 4 aromatic rings. The summed E-state index contributed by atoms with van der Waals surface area (Å²) >= 11 is 0. The van der Waals surface area contributed by atoms with E-state index in [1.54, 1.807) is 0 Å². The third-order valence-electron chi connectivity index (χ3n) is 5.19. The second-order valence-electron chi connectivity index (χ2n) is 7.71. The molecule has 0 spiro atoms. The van der Waals surface area contributed by atoms with Gasteiger partial charge in [-0.25, -0.2) is 15.0 Å². The number of rotatable bonds is 6. The Morgan fingerprint density at radius 2 is 0.639 bits per heavy atom. The molecule has 168 valence electrons. The maximum Gasteiger partial charge on any atom is 0.156 e. The smallest absolute Gasteiger partial charge is 0.156 e. The Morgan fingerprint density at radius 1 is 0.389 bits per heavy atom. The largest absolute Gasteiger partial charge is 0.209 e. The SMILES string of the molecule is C#Cc1ccc(/C=C/c2nc(/C=C/c3ccc(C#C)cc3)nc(/C=C/c3ccc(C#C)cc3)n2)cc1. The molecule has 1 heterocycles. The summed E-state index contributed by atoms with van der Waals surface area (Å²) in [6.07, 6.45) is 27.7. The third-order valence-corrected chi connectivity index (χ3v) is 5.19. The number of terminal acetylenes is 3. The van der Waals surface area contributed by atoms with E-state index in [9.17, 15) is 0 Å². The lowest BCUT2D eigenvalue weighted by Gasteiger charge is -2.01. The first-order valence-corrected chi connectivity index (χ1v) is 11.2. The van der Waals surface area contributed by atoms with Crippen LogP contribution in [0.2, 0.25) is 0 Å². The molecule has 0 aliphatic rings. The summed E-state index contributed by atoms with van der Waals surface area (Å²) in [6, 6.07) is 23.1. The zero-order valence-electron chi connectivity index (χ0n) is 19.5. The number of hydrogen-bond acceptors (Lipinski definition) is 3. The van der Waals surface area contributed by atoms with Gasteiger partial charge in [-0.15, -0.1) is 19.3 Å². The van der Waals surface area contributed by atoms with Gasteiger partial charge in [-0.3, -0.25) is 0 Å². The van der Waals surface area contributed by atoms with E-state index in [4.69, 9.17) is 19.3 Å². The van der Waals surface area contributed by atoms with Gasteiger partial charge in [-0.05, 0) is 71.3 Å². The van der Waals surface area contributed by atoms with Crippen LogP contribution in [0.15, 0.2) is 72.8 Å². The van der Waals surface area contributed by atoms with Gasteiger partial charge in [0.15, 0.2) is 17.5 Å². The molecule has 36 heavy (non-hydrogen) atoms. The van der Waals surface area contributed by atoms with Gasteiger partial charge in [0.1, 0.15) is 0 Å². The van der Waals surface area contributed by atoms with Crippen LogP contribution in [0.25, 0.3) is 36.5 Å². The molecule has 0 atom stereocenters. The first kappa shape index (κ1) is 23.7. The van der Waals surface area contributed by atoms with E-state index in [-0.39, 0.29) is 0 Å². The molecule has 0 saturated heterocycles. The lowest BCUT2D eigenvalue weighted by Crippen LogP contribution is -1.99. The van der Waals surface area contributed by atoms with Gasteiger partial charge < -0.3 is 0 Å². The van der Waals surface area contributed by atoms with Gasteiger partial charge in [0, 0.05) is 16.7 Å². The molecule has 0 fully saturated rings. The Balaban J connectivity index is 1.64. The molecule has 0 radical (unpaired) electrons. The van der Waals surface area contributed by atoms with Gasteiger partial charge in [-0.1, -0.05) is 72.4 Å². The number of nitrogens with zero attached hydrogens (tertiary/aromatic N) is 3. The van der Waals surface area contributed by atoms with Crippen molar-refractivity contribution in [2.45, 2.75) is 0 Å². The van der Waals surface area contributed by atoms with Crippen LogP contribution in [0, 0.1) is 37.0 Å². The van der Waals surface area contributed by atoms with Gasteiger partial charge in [0.2, 0.25) is 0 Å². The second kappa shape index (κ2) is 11.6. The Bertz CT molecular complexity index is 1360. The number of aromatic nitrogens is 3. The lowest BCUT2D eigenvalue weighted by atomic mass is 10.1. The minimum atomic E-state index is 0.538. The van der Waals surface area contributed by atoms with Crippen molar-refractivity contribution >= 4 is 36.5 Å². The van der Waals surface area contributed by atoms with Crippen molar-refractivity contribution in [3.63, 3.8) is 0 Å². The quantitative estimate of drug-likeness (QED) is 0.317. The van der Waals surface area contributed by atoms with Crippen LogP contribution >= 0.6 is 0 Å². The summed E-state index contributed by atoms with van der Waals surface area (Å²) in [5.74, 6) is 9.47. The molecule has 4 rings (SSSR count). The fourth-order valence-corrected chi connectivity index (χ4v) is 3.23. The van der Waals surface area contributed by atoms with Crippen molar-refractivity contribution in [3.8, 4) is 37.0 Å². The van der Waals surface area contributed by atoms with Crippen molar-refractivity contribution in [3.05, 3.63) is 124 Å². The predicted octanol–water partition coefficient (Wildman–Crippen LogP) is 6.33. The number of benzene rings is 3. The Morgan fingerprint density at radius 3 is 0.861 bits per heavy atom. The van der Waals surface area contributed by atoms with Crippen LogP contribution < -0.4 is 0 Å². The molecule has 0 aliphatic heterocycles. The van der Waals surface area contributed by atoms with E-state index in [1.807, 2.05) is 109 Å². The van der Waals surface area contributed by atoms with Crippen molar-refractivity contribution < 1.29 is 0 Å². The van der Waals surface area contributed by atoms with Crippen LogP contribution in [0.4, 0.5) is 0 Å². The van der Waals surface area contributed by atoms with E-state index in [1.165, 1.54) is 0 Å². The standard InChI is InChI=1S/C33H21N3/c1-4-25-7-13-28(14-8-25)19-22-31-34-32(23-20-29-15-9-26(5-2)10-16-29)36-33(35-31)24-21-30-17-11-27(6-3)12-18-30/h1-3,7-24H/b22-19+,23-20+,24-21+. The zero-order chi connectivity index (χ0) is 25.2. The molecule has 3 heteroatoms. The van der Waals surface area contributed by atoms with E-state index in [0.29, 0.717) is 17.5 Å². The van der Waals surface area contributed by atoms with E-state index < -0.39 is 0 Å². The molecule has 1 aromatic heterocycles. The highest BCUT2D eigenvalue weighted by Gasteiger charge is 2.02. The summed E-state index contributed by atoms with van der Waals surface area (Å²) in [7, 11) is 0. The van der Waals surface area contributed by atoms with Crippen molar-refractivity contribution in [1.29, 1.82) is 0 Å². The van der Waals surface area contributed by atoms with Crippen molar-refractivity contribution in [2.24, 2.45) is 0 Å². The Kier molecular flexibility index (Phi) is 7.66. The molecular formula is C33H21N3. The Hall–Kier alpha value is -5.43. The second-order valence-corrected chi connectivity index (χ2v) is 7.71. The van der Waals surface area contributed by atoms with Crippen LogP contribution in [-0.2, 0) is 0 Å². The third kappa shape index (κ3) is 6.55. The van der Waals surface area contributed by atoms with Gasteiger partial charge in [0.05, 0.1) is 0 Å². The highest BCUT2D eigenvalue weighted by Crippen LogP contribution is 2.12. The maximum absolute atomic E-state index is 5.44. The minimum Gasteiger partial charge on any atom is -0.209 e. The van der Waals surface area contributed by atoms with Gasteiger partial charge in [-0.2, -0.15) is 0 Å². The summed E-state index contributed by atoms with van der Waals surface area (Å²) in [5.41, 5.74) is 5.47. The molecule has 3 aromatic carbocycles. The van der Waals surface area contributed by atoms with Crippen LogP contribution in [0.3, 0.4) is 0 Å². The van der Waals surface area contributed by atoms with E-state index in [0.717, 1.165) is 33.4 Å². The summed E-state index contributed by atoms with van der Waals surface area (Å²) in [5, 5.41) is 0. The average molecular weight is 460 g/mol.